The number of amides is 1. The van der Waals surface area contributed by atoms with Crippen molar-refractivity contribution >= 4 is 12.1 Å². The lowest BCUT2D eigenvalue weighted by molar-refractivity contribution is -0.154. The molecule has 2 atom stereocenters. The van der Waals surface area contributed by atoms with Crippen molar-refractivity contribution < 1.29 is 24.5 Å². The minimum Gasteiger partial charge on any atom is -0.481 e. The molecule has 0 aromatic heterocycles. The number of nitrogens with zero attached hydrogens (tertiary/aromatic N) is 1. The van der Waals surface area contributed by atoms with Crippen molar-refractivity contribution in [1.29, 1.82) is 0 Å². The van der Waals surface area contributed by atoms with Gasteiger partial charge in [0.1, 0.15) is 5.60 Å². The number of aliphatic carboxylic acids is 1. The number of carbonyl (C=O) groups excluding carboxylic acids is 1. The van der Waals surface area contributed by atoms with Crippen molar-refractivity contribution in [3.63, 3.8) is 0 Å². The molecule has 1 saturated heterocycles. The van der Waals surface area contributed by atoms with E-state index in [-0.39, 0.29) is 13.0 Å². The quantitative estimate of drug-likeness (QED) is 0.701. The summed E-state index contributed by atoms with van der Waals surface area (Å²) in [6, 6.07) is 0. The Morgan fingerprint density at radius 1 is 1.41 bits per heavy atom. The van der Waals surface area contributed by atoms with Gasteiger partial charge in [0.05, 0.1) is 11.5 Å². The molecule has 1 aliphatic rings. The second kappa shape index (κ2) is 7.28. The van der Waals surface area contributed by atoms with Gasteiger partial charge in [0, 0.05) is 19.6 Å². The van der Waals surface area contributed by atoms with Gasteiger partial charge in [0.15, 0.2) is 0 Å². The molecule has 128 valence electrons. The van der Waals surface area contributed by atoms with Gasteiger partial charge in [-0.25, -0.2) is 4.79 Å². The van der Waals surface area contributed by atoms with Crippen LogP contribution in [-0.2, 0) is 9.53 Å². The molecule has 1 rings (SSSR count). The third-order valence-corrected chi connectivity index (χ3v) is 3.75. The number of carbonyl (C=O) groups is 2. The fourth-order valence-corrected chi connectivity index (χ4v) is 2.80. The smallest absolute Gasteiger partial charge is 0.410 e. The molecule has 0 saturated carbocycles. The van der Waals surface area contributed by atoms with E-state index in [1.807, 2.05) is 0 Å². The van der Waals surface area contributed by atoms with Gasteiger partial charge in [-0.05, 0) is 47.1 Å². The number of aliphatic hydroxyl groups is 1. The van der Waals surface area contributed by atoms with Crippen LogP contribution < -0.4 is 5.32 Å². The van der Waals surface area contributed by atoms with Crippen LogP contribution in [0.5, 0.6) is 0 Å². The maximum atomic E-state index is 12.2. The summed E-state index contributed by atoms with van der Waals surface area (Å²) >= 11 is 0. The van der Waals surface area contributed by atoms with Gasteiger partial charge in [-0.2, -0.15) is 0 Å². The van der Waals surface area contributed by atoms with Gasteiger partial charge in [-0.3, -0.25) is 4.79 Å². The number of nitrogens with one attached hydrogen (secondary N) is 1. The first-order valence-corrected chi connectivity index (χ1v) is 7.64. The Labute approximate surface area is 131 Å². The zero-order valence-corrected chi connectivity index (χ0v) is 13.9. The summed E-state index contributed by atoms with van der Waals surface area (Å²) < 4.78 is 5.32. The predicted octanol–water partition coefficient (Wildman–Crippen LogP) is 1.06. The maximum Gasteiger partial charge on any atom is 0.410 e. The Hall–Kier alpha value is -1.34. The summed E-state index contributed by atoms with van der Waals surface area (Å²) in [7, 11) is 1.70. The molecular formula is C15H28N2O5. The summed E-state index contributed by atoms with van der Waals surface area (Å²) in [5.41, 5.74) is -1.74. The first-order chi connectivity index (χ1) is 10.1. The van der Waals surface area contributed by atoms with E-state index < -0.39 is 29.2 Å². The zero-order valence-electron chi connectivity index (χ0n) is 13.9. The highest BCUT2D eigenvalue weighted by Gasteiger charge is 2.45. The third kappa shape index (κ3) is 5.14. The predicted molar refractivity (Wildman–Crippen MR) is 81.7 cm³/mol. The van der Waals surface area contributed by atoms with Crippen molar-refractivity contribution in [2.45, 2.75) is 51.7 Å². The molecule has 2 unspecified atom stereocenters. The normalized spacial score (nSPS) is 24.0. The van der Waals surface area contributed by atoms with Crippen LogP contribution in [0.15, 0.2) is 0 Å². The first-order valence-electron chi connectivity index (χ1n) is 7.64. The van der Waals surface area contributed by atoms with E-state index in [2.05, 4.69) is 5.32 Å². The molecule has 22 heavy (non-hydrogen) atoms. The number of aliphatic hydroxyl groups excluding tert-OH is 1. The Bertz CT molecular complexity index is 407. The van der Waals surface area contributed by atoms with Crippen LogP contribution in [0.4, 0.5) is 4.79 Å². The lowest BCUT2D eigenvalue weighted by atomic mass is 9.75. The van der Waals surface area contributed by atoms with E-state index in [1.54, 1.807) is 27.8 Å². The minimum absolute atomic E-state index is 0.0675. The van der Waals surface area contributed by atoms with Crippen LogP contribution in [0.25, 0.3) is 0 Å². The molecule has 3 N–H and O–H groups in total. The van der Waals surface area contributed by atoms with Crippen molar-refractivity contribution in [3.05, 3.63) is 0 Å². The number of hydrogen-bond donors (Lipinski definition) is 3. The van der Waals surface area contributed by atoms with Crippen LogP contribution in [0.2, 0.25) is 0 Å². The first kappa shape index (κ1) is 18.7. The molecule has 0 aromatic rings. The van der Waals surface area contributed by atoms with Gasteiger partial charge in [0.2, 0.25) is 0 Å². The van der Waals surface area contributed by atoms with Gasteiger partial charge in [-0.1, -0.05) is 0 Å². The number of piperidine rings is 1. The maximum absolute atomic E-state index is 12.2. The summed E-state index contributed by atoms with van der Waals surface area (Å²) in [5.74, 6) is -0.976. The van der Waals surface area contributed by atoms with Crippen molar-refractivity contribution in [3.8, 4) is 0 Å². The van der Waals surface area contributed by atoms with Gasteiger partial charge >= 0.3 is 12.1 Å². The van der Waals surface area contributed by atoms with E-state index in [0.717, 1.165) is 0 Å². The highest BCUT2D eigenvalue weighted by molar-refractivity contribution is 5.77. The molecule has 1 aliphatic heterocycles. The largest absolute Gasteiger partial charge is 0.481 e. The highest BCUT2D eigenvalue weighted by Crippen LogP contribution is 2.35. The molecule has 0 spiro atoms. The van der Waals surface area contributed by atoms with Gasteiger partial charge in [0.25, 0.3) is 0 Å². The lowest BCUT2D eigenvalue weighted by Gasteiger charge is -2.41. The van der Waals surface area contributed by atoms with Crippen LogP contribution in [0.3, 0.4) is 0 Å². The molecule has 7 nitrogen and oxygen atoms in total. The van der Waals surface area contributed by atoms with Crippen LogP contribution in [-0.4, -0.2) is 65.6 Å². The average molecular weight is 316 g/mol. The number of rotatable bonds is 5. The summed E-state index contributed by atoms with van der Waals surface area (Å²) in [4.78, 5) is 25.4. The summed E-state index contributed by atoms with van der Waals surface area (Å²) in [6.45, 7) is 6.19. The minimum atomic E-state index is -1.12. The summed E-state index contributed by atoms with van der Waals surface area (Å²) in [5, 5.41) is 22.4. The Morgan fingerprint density at radius 2 is 2.05 bits per heavy atom. The topological polar surface area (TPSA) is 99.1 Å². The van der Waals surface area contributed by atoms with E-state index >= 15 is 0 Å². The number of likely N-dealkylation sites (N-methyl/N-ethyl adjacent to an activating group) is 1. The Kier molecular flexibility index (Phi) is 6.19. The molecule has 0 aromatic carbocycles. The van der Waals surface area contributed by atoms with Crippen molar-refractivity contribution in [2.75, 3.05) is 26.7 Å². The van der Waals surface area contributed by atoms with E-state index in [0.29, 0.717) is 25.9 Å². The SMILES string of the molecule is CNCC(O)CC1(C(=O)O)CCCN(C(=O)OC(C)(C)C)C1. The molecule has 1 amide bonds. The molecule has 1 fully saturated rings. The monoisotopic (exact) mass is 316 g/mol. The van der Waals surface area contributed by atoms with Crippen molar-refractivity contribution in [2.24, 2.45) is 5.41 Å². The fraction of sp³-hybridized carbons (Fsp3) is 0.867. The Morgan fingerprint density at radius 3 is 2.55 bits per heavy atom. The number of likely N-dealkylation sites (tertiary alicyclic amines) is 1. The molecule has 0 aliphatic carbocycles. The van der Waals surface area contributed by atoms with Crippen LogP contribution in [0, 0.1) is 5.41 Å². The molecule has 1 heterocycles. The molecular weight excluding hydrogens is 288 g/mol. The highest BCUT2D eigenvalue weighted by atomic mass is 16.6. The number of ether oxygens (including phenoxy) is 1. The van der Waals surface area contributed by atoms with Crippen molar-refractivity contribution in [1.82, 2.24) is 10.2 Å². The zero-order chi connectivity index (χ0) is 17.0. The Balaban J connectivity index is 2.82. The van der Waals surface area contributed by atoms with Gasteiger partial charge < -0.3 is 25.2 Å². The number of carboxylic acid groups (broad SMARTS) is 1. The third-order valence-electron chi connectivity index (χ3n) is 3.75. The number of hydrogen-bond acceptors (Lipinski definition) is 5. The van der Waals surface area contributed by atoms with Crippen LogP contribution >= 0.6 is 0 Å². The average Bonchev–Trinajstić information content (AvgIpc) is 2.37. The molecule has 0 bridgehead atoms. The van der Waals surface area contributed by atoms with Gasteiger partial charge in [-0.15, -0.1) is 0 Å². The second-order valence-electron chi connectivity index (χ2n) is 7.01. The van der Waals surface area contributed by atoms with E-state index in [1.165, 1.54) is 4.90 Å². The number of carboxylic acids is 1. The molecule has 7 heteroatoms. The summed E-state index contributed by atoms with van der Waals surface area (Å²) in [6.07, 6.45) is -0.122. The lowest BCUT2D eigenvalue weighted by Crippen LogP contribution is -2.52. The van der Waals surface area contributed by atoms with E-state index in [4.69, 9.17) is 4.74 Å². The van der Waals surface area contributed by atoms with Crippen LogP contribution in [0.1, 0.15) is 40.0 Å². The molecule has 0 radical (unpaired) electrons. The standard InChI is InChI=1S/C15H28N2O5/c1-14(2,3)22-13(21)17-7-5-6-15(10-17,12(19)20)8-11(18)9-16-4/h11,16,18H,5-10H2,1-4H3,(H,19,20). The fourth-order valence-electron chi connectivity index (χ4n) is 2.80. The second-order valence-corrected chi connectivity index (χ2v) is 7.01. The van der Waals surface area contributed by atoms with E-state index in [9.17, 15) is 19.8 Å².